The molecule has 1 aliphatic heterocycles. The molecule has 0 bridgehead atoms. The standard InChI is InChI=1S/C20H16ClN5O2S/c1-29(27,28)19-18(15-5-3-2-4-6-15)26-20(25(24-19)12-11-22)17(13-23-26)14-7-9-16(21)10-8-14/h2-10,13,18H,12H2,1H3. The van der Waals surface area contributed by atoms with Gasteiger partial charge in [0.15, 0.2) is 20.7 Å². The van der Waals surface area contributed by atoms with E-state index in [1.807, 2.05) is 48.5 Å². The molecule has 3 aromatic rings. The summed E-state index contributed by atoms with van der Waals surface area (Å²) in [5.74, 6) is 0.551. The highest BCUT2D eigenvalue weighted by Crippen LogP contribution is 2.39. The SMILES string of the molecule is CS(=O)(=O)C1=NN(CC#N)c2c(-c3ccc(Cl)cc3)cnn2C1c1ccccc1. The number of fused-ring (bicyclic) bond motifs is 1. The Kier molecular flexibility index (Phi) is 4.86. The fourth-order valence-corrected chi connectivity index (χ4v) is 4.35. The van der Waals surface area contributed by atoms with Gasteiger partial charge in [-0.3, -0.25) is 0 Å². The van der Waals surface area contributed by atoms with Crippen molar-refractivity contribution in [2.75, 3.05) is 17.8 Å². The molecule has 2 aromatic carbocycles. The lowest BCUT2D eigenvalue weighted by Crippen LogP contribution is -2.38. The highest BCUT2D eigenvalue weighted by atomic mass is 35.5. The molecule has 7 nitrogen and oxygen atoms in total. The fraction of sp³-hybridized carbons (Fsp3) is 0.150. The molecule has 1 aromatic heterocycles. The molecule has 0 aliphatic carbocycles. The van der Waals surface area contributed by atoms with Crippen molar-refractivity contribution in [3.8, 4) is 17.2 Å². The number of aromatic nitrogens is 2. The predicted molar refractivity (Wildman–Crippen MR) is 112 cm³/mol. The largest absolute Gasteiger partial charge is 0.233 e. The summed E-state index contributed by atoms with van der Waals surface area (Å²) >= 11 is 6.00. The van der Waals surface area contributed by atoms with Gasteiger partial charge >= 0.3 is 0 Å². The Morgan fingerprint density at radius 1 is 1.14 bits per heavy atom. The van der Waals surface area contributed by atoms with E-state index >= 15 is 0 Å². The second-order valence-corrected chi connectivity index (χ2v) is 8.97. The Morgan fingerprint density at radius 3 is 2.45 bits per heavy atom. The third-order valence-corrected chi connectivity index (χ3v) is 5.90. The average Bonchev–Trinajstić information content (AvgIpc) is 3.14. The molecule has 0 N–H and O–H groups in total. The molecule has 0 fully saturated rings. The first-order valence-corrected chi connectivity index (χ1v) is 11.0. The number of benzene rings is 2. The van der Waals surface area contributed by atoms with E-state index in [-0.39, 0.29) is 11.6 Å². The number of nitriles is 1. The first-order valence-electron chi connectivity index (χ1n) is 8.71. The number of halogens is 1. The van der Waals surface area contributed by atoms with E-state index in [1.54, 1.807) is 23.0 Å². The Morgan fingerprint density at radius 2 is 1.83 bits per heavy atom. The quantitative estimate of drug-likeness (QED) is 0.599. The second kappa shape index (κ2) is 7.35. The molecule has 0 saturated heterocycles. The van der Waals surface area contributed by atoms with E-state index < -0.39 is 15.9 Å². The molecule has 0 saturated carbocycles. The number of hydrazone groups is 1. The van der Waals surface area contributed by atoms with E-state index in [2.05, 4.69) is 10.2 Å². The summed E-state index contributed by atoms with van der Waals surface area (Å²) < 4.78 is 26.7. The van der Waals surface area contributed by atoms with Crippen molar-refractivity contribution in [2.45, 2.75) is 6.04 Å². The lowest BCUT2D eigenvalue weighted by atomic mass is 10.1. The van der Waals surface area contributed by atoms with Crippen LogP contribution in [0.1, 0.15) is 11.6 Å². The van der Waals surface area contributed by atoms with Crippen LogP contribution in [0, 0.1) is 11.3 Å². The zero-order chi connectivity index (χ0) is 20.6. The molecule has 1 unspecified atom stereocenters. The minimum absolute atomic E-state index is 0.0581. The van der Waals surface area contributed by atoms with E-state index in [1.165, 1.54) is 5.01 Å². The zero-order valence-electron chi connectivity index (χ0n) is 15.4. The Balaban J connectivity index is 1.97. The molecule has 1 aliphatic rings. The molecular formula is C20H16ClN5O2S. The van der Waals surface area contributed by atoms with Gasteiger partial charge in [-0.1, -0.05) is 54.1 Å². The number of hydrogen-bond donors (Lipinski definition) is 0. The highest BCUT2D eigenvalue weighted by molar-refractivity contribution is 8.05. The average molecular weight is 426 g/mol. The predicted octanol–water partition coefficient (Wildman–Crippen LogP) is 3.49. The Bertz CT molecular complexity index is 1230. The summed E-state index contributed by atoms with van der Waals surface area (Å²) in [4.78, 5) is 0. The van der Waals surface area contributed by atoms with Crippen LogP contribution in [0.25, 0.3) is 11.1 Å². The van der Waals surface area contributed by atoms with Crippen LogP contribution in [0.4, 0.5) is 5.82 Å². The van der Waals surface area contributed by atoms with Gasteiger partial charge in [0.2, 0.25) is 0 Å². The van der Waals surface area contributed by atoms with Gasteiger partial charge in [0, 0.05) is 16.8 Å². The van der Waals surface area contributed by atoms with Gasteiger partial charge < -0.3 is 0 Å². The van der Waals surface area contributed by atoms with Gasteiger partial charge in [0.1, 0.15) is 12.6 Å². The summed E-state index contributed by atoms with van der Waals surface area (Å²) in [5.41, 5.74) is 2.30. The van der Waals surface area contributed by atoms with E-state index in [0.29, 0.717) is 10.8 Å². The number of sulfone groups is 1. The molecule has 4 rings (SSSR count). The first kappa shape index (κ1) is 19.2. The molecule has 1 atom stereocenters. The molecular weight excluding hydrogens is 410 g/mol. The fourth-order valence-electron chi connectivity index (χ4n) is 3.33. The van der Waals surface area contributed by atoms with Crippen molar-refractivity contribution in [1.82, 2.24) is 9.78 Å². The van der Waals surface area contributed by atoms with Gasteiger partial charge in [0.25, 0.3) is 0 Å². The van der Waals surface area contributed by atoms with Crippen LogP contribution in [-0.4, -0.2) is 36.0 Å². The Hall–Kier alpha value is -3.15. The number of nitrogens with zero attached hydrogens (tertiary/aromatic N) is 5. The summed E-state index contributed by atoms with van der Waals surface area (Å²) in [6.45, 7) is -0.118. The molecule has 0 radical (unpaired) electrons. The van der Waals surface area contributed by atoms with Crippen LogP contribution < -0.4 is 5.01 Å². The van der Waals surface area contributed by atoms with Gasteiger partial charge in [-0.15, -0.1) is 0 Å². The van der Waals surface area contributed by atoms with Crippen LogP contribution in [0.15, 0.2) is 65.9 Å². The van der Waals surface area contributed by atoms with Gasteiger partial charge in [-0.25, -0.2) is 18.1 Å². The molecule has 9 heteroatoms. The maximum absolute atomic E-state index is 12.5. The molecule has 2 heterocycles. The van der Waals surface area contributed by atoms with Crippen LogP contribution in [0.2, 0.25) is 5.02 Å². The molecule has 0 amide bonds. The topological polar surface area (TPSA) is 91.3 Å². The lowest BCUT2D eigenvalue weighted by molar-refractivity contribution is 0.588. The first-order chi connectivity index (χ1) is 13.9. The van der Waals surface area contributed by atoms with Gasteiger partial charge in [0.05, 0.1) is 12.3 Å². The second-order valence-electron chi connectivity index (χ2n) is 6.57. The van der Waals surface area contributed by atoms with Crippen molar-refractivity contribution < 1.29 is 8.42 Å². The van der Waals surface area contributed by atoms with Crippen molar-refractivity contribution in [2.24, 2.45) is 5.10 Å². The van der Waals surface area contributed by atoms with Crippen molar-refractivity contribution in [3.05, 3.63) is 71.4 Å². The minimum atomic E-state index is -3.66. The number of rotatable bonds is 3. The summed E-state index contributed by atoms with van der Waals surface area (Å²) in [5, 5.41) is 20.1. The van der Waals surface area contributed by atoms with Crippen molar-refractivity contribution in [1.29, 1.82) is 5.26 Å². The van der Waals surface area contributed by atoms with E-state index in [0.717, 1.165) is 22.9 Å². The third-order valence-electron chi connectivity index (χ3n) is 4.58. The Labute approximate surface area is 173 Å². The van der Waals surface area contributed by atoms with Crippen LogP contribution in [0.3, 0.4) is 0 Å². The normalized spacial score (nSPS) is 16.1. The summed E-state index contributed by atoms with van der Waals surface area (Å²) in [6, 6.07) is 17.7. The highest BCUT2D eigenvalue weighted by Gasteiger charge is 2.37. The maximum atomic E-state index is 12.5. The molecule has 29 heavy (non-hydrogen) atoms. The van der Waals surface area contributed by atoms with Gasteiger partial charge in [-0.05, 0) is 23.3 Å². The lowest BCUT2D eigenvalue weighted by Gasteiger charge is -2.31. The van der Waals surface area contributed by atoms with Crippen LogP contribution >= 0.6 is 11.6 Å². The monoisotopic (exact) mass is 425 g/mol. The summed E-state index contributed by atoms with van der Waals surface area (Å²) in [6.07, 6.45) is 2.76. The van der Waals surface area contributed by atoms with E-state index in [4.69, 9.17) is 11.6 Å². The molecule has 146 valence electrons. The van der Waals surface area contributed by atoms with Crippen molar-refractivity contribution in [3.63, 3.8) is 0 Å². The third kappa shape index (κ3) is 3.50. The van der Waals surface area contributed by atoms with Gasteiger partial charge in [-0.2, -0.15) is 15.5 Å². The van der Waals surface area contributed by atoms with Crippen LogP contribution in [0.5, 0.6) is 0 Å². The maximum Gasteiger partial charge on any atom is 0.193 e. The summed E-state index contributed by atoms with van der Waals surface area (Å²) in [7, 11) is -3.66. The van der Waals surface area contributed by atoms with Crippen LogP contribution in [-0.2, 0) is 9.84 Å². The number of anilines is 1. The smallest absolute Gasteiger partial charge is 0.193 e. The molecule has 0 spiro atoms. The number of hydrogen-bond acceptors (Lipinski definition) is 6. The van der Waals surface area contributed by atoms with E-state index in [9.17, 15) is 13.7 Å². The van der Waals surface area contributed by atoms with Crippen molar-refractivity contribution >= 4 is 32.3 Å². The zero-order valence-corrected chi connectivity index (χ0v) is 17.0. The minimum Gasteiger partial charge on any atom is -0.233 e.